The van der Waals surface area contributed by atoms with Crippen molar-refractivity contribution >= 4 is 17.0 Å². The number of rotatable bonds is 3. The first-order valence-electron chi connectivity index (χ1n) is 8.39. The summed E-state index contributed by atoms with van der Waals surface area (Å²) in [5.74, 6) is -0.164. The van der Waals surface area contributed by atoms with Crippen LogP contribution in [0.1, 0.15) is 16.7 Å². The SMILES string of the molecule is Cc1ccc(-n2c(O)c(/C=N/n3cnnc3)c3ccccc3c2=O)c(C)c1. The fourth-order valence-electron chi connectivity index (χ4n) is 3.15. The van der Waals surface area contributed by atoms with Gasteiger partial charge < -0.3 is 5.11 Å². The van der Waals surface area contributed by atoms with E-state index in [0.717, 1.165) is 11.1 Å². The molecule has 134 valence electrons. The predicted octanol–water partition coefficient (Wildman–Crippen LogP) is 2.79. The number of pyridine rings is 1. The molecule has 0 atom stereocenters. The molecule has 0 radical (unpaired) electrons. The van der Waals surface area contributed by atoms with Crippen LogP contribution in [-0.2, 0) is 0 Å². The zero-order valence-corrected chi connectivity index (χ0v) is 14.9. The highest BCUT2D eigenvalue weighted by atomic mass is 16.3. The first-order valence-corrected chi connectivity index (χ1v) is 8.39. The first kappa shape index (κ1) is 16.7. The van der Waals surface area contributed by atoms with Gasteiger partial charge in [0.15, 0.2) is 0 Å². The van der Waals surface area contributed by atoms with Gasteiger partial charge in [0.25, 0.3) is 5.56 Å². The van der Waals surface area contributed by atoms with Crippen LogP contribution in [0.5, 0.6) is 5.88 Å². The maximum Gasteiger partial charge on any atom is 0.265 e. The van der Waals surface area contributed by atoms with Gasteiger partial charge in [0.2, 0.25) is 5.88 Å². The van der Waals surface area contributed by atoms with Crippen molar-refractivity contribution in [2.24, 2.45) is 5.10 Å². The summed E-state index contributed by atoms with van der Waals surface area (Å²) < 4.78 is 2.74. The Bertz CT molecular complexity index is 1220. The van der Waals surface area contributed by atoms with Crippen LogP contribution in [0.3, 0.4) is 0 Å². The molecule has 0 fully saturated rings. The second-order valence-electron chi connectivity index (χ2n) is 6.30. The van der Waals surface area contributed by atoms with Gasteiger partial charge in [-0.05, 0) is 31.5 Å². The van der Waals surface area contributed by atoms with E-state index in [1.54, 1.807) is 18.2 Å². The number of aryl methyl sites for hydroxylation is 2. The molecule has 1 N–H and O–H groups in total. The van der Waals surface area contributed by atoms with Gasteiger partial charge >= 0.3 is 0 Å². The Hall–Kier alpha value is -3.74. The molecule has 0 aliphatic rings. The third kappa shape index (κ3) is 2.89. The molecule has 2 aromatic heterocycles. The van der Waals surface area contributed by atoms with Gasteiger partial charge in [0.1, 0.15) is 12.7 Å². The molecule has 0 aliphatic heterocycles. The molecule has 4 rings (SSSR count). The van der Waals surface area contributed by atoms with Crippen LogP contribution in [0.4, 0.5) is 0 Å². The number of nitrogens with zero attached hydrogens (tertiary/aromatic N) is 5. The normalized spacial score (nSPS) is 11.5. The van der Waals surface area contributed by atoms with E-state index in [9.17, 15) is 9.90 Å². The van der Waals surface area contributed by atoms with E-state index in [4.69, 9.17) is 0 Å². The Labute approximate surface area is 154 Å². The third-order valence-electron chi connectivity index (χ3n) is 4.42. The van der Waals surface area contributed by atoms with Crippen LogP contribution >= 0.6 is 0 Å². The molecule has 0 unspecified atom stereocenters. The molecular formula is C20H17N5O2. The van der Waals surface area contributed by atoms with Crippen LogP contribution in [0.25, 0.3) is 16.5 Å². The van der Waals surface area contributed by atoms with Gasteiger partial charge in [0, 0.05) is 10.8 Å². The summed E-state index contributed by atoms with van der Waals surface area (Å²) in [6.45, 7) is 3.89. The van der Waals surface area contributed by atoms with Gasteiger partial charge in [-0.3, -0.25) is 4.79 Å². The zero-order valence-electron chi connectivity index (χ0n) is 14.9. The number of hydrogen-bond acceptors (Lipinski definition) is 5. The second-order valence-corrected chi connectivity index (χ2v) is 6.30. The van der Waals surface area contributed by atoms with Crippen molar-refractivity contribution in [3.8, 4) is 11.6 Å². The van der Waals surface area contributed by atoms with Crippen molar-refractivity contribution in [2.45, 2.75) is 13.8 Å². The Morgan fingerprint density at radius 2 is 1.74 bits per heavy atom. The van der Waals surface area contributed by atoms with E-state index in [1.807, 2.05) is 38.1 Å². The number of benzene rings is 2. The fraction of sp³-hybridized carbons (Fsp3) is 0.100. The van der Waals surface area contributed by atoms with E-state index in [-0.39, 0.29) is 11.4 Å². The Morgan fingerprint density at radius 3 is 2.44 bits per heavy atom. The molecular weight excluding hydrogens is 342 g/mol. The van der Waals surface area contributed by atoms with Crippen LogP contribution in [-0.4, -0.2) is 30.8 Å². The standard InChI is InChI=1S/C20H17N5O2/c1-13-7-8-18(14(2)9-13)25-19(26)16-6-4-3-5-15(16)17(20(25)27)10-23-24-11-21-22-12-24/h3-12,27H,1-2H3/b23-10+. The van der Waals surface area contributed by atoms with Crippen molar-refractivity contribution in [3.05, 3.63) is 82.2 Å². The number of aromatic nitrogens is 4. The van der Waals surface area contributed by atoms with E-state index in [2.05, 4.69) is 15.3 Å². The topological polar surface area (TPSA) is 85.3 Å². The van der Waals surface area contributed by atoms with Crippen molar-refractivity contribution in [1.29, 1.82) is 0 Å². The lowest BCUT2D eigenvalue weighted by atomic mass is 10.1. The van der Waals surface area contributed by atoms with Crippen molar-refractivity contribution in [2.75, 3.05) is 0 Å². The lowest BCUT2D eigenvalue weighted by Crippen LogP contribution is -2.21. The lowest BCUT2D eigenvalue weighted by Gasteiger charge is -2.15. The molecule has 2 heterocycles. The molecule has 0 spiro atoms. The Morgan fingerprint density at radius 1 is 1.04 bits per heavy atom. The molecule has 7 heteroatoms. The minimum absolute atomic E-state index is 0.164. The highest BCUT2D eigenvalue weighted by Gasteiger charge is 2.17. The van der Waals surface area contributed by atoms with Gasteiger partial charge in [-0.2, -0.15) is 5.10 Å². The molecule has 7 nitrogen and oxygen atoms in total. The molecule has 0 amide bonds. The van der Waals surface area contributed by atoms with E-state index in [0.29, 0.717) is 22.0 Å². The lowest BCUT2D eigenvalue weighted by molar-refractivity contribution is 0.436. The predicted molar refractivity (Wildman–Crippen MR) is 104 cm³/mol. The molecule has 2 aromatic carbocycles. The summed E-state index contributed by atoms with van der Waals surface area (Å²) in [7, 11) is 0. The summed E-state index contributed by atoms with van der Waals surface area (Å²) in [5, 5.41) is 23.7. The average Bonchev–Trinajstić information content (AvgIpc) is 3.17. The Balaban J connectivity index is 2.04. The van der Waals surface area contributed by atoms with E-state index in [1.165, 1.54) is 28.1 Å². The van der Waals surface area contributed by atoms with Crippen LogP contribution in [0.2, 0.25) is 0 Å². The largest absolute Gasteiger partial charge is 0.494 e. The smallest absolute Gasteiger partial charge is 0.265 e. The van der Waals surface area contributed by atoms with E-state index >= 15 is 0 Å². The maximum absolute atomic E-state index is 13.1. The summed E-state index contributed by atoms with van der Waals surface area (Å²) in [6, 6.07) is 12.9. The van der Waals surface area contributed by atoms with Gasteiger partial charge in [-0.25, -0.2) is 9.24 Å². The number of fused-ring (bicyclic) bond motifs is 1. The summed E-state index contributed by atoms with van der Waals surface area (Å²) in [4.78, 5) is 13.1. The van der Waals surface area contributed by atoms with Crippen molar-refractivity contribution in [3.63, 3.8) is 0 Å². The van der Waals surface area contributed by atoms with Gasteiger partial charge in [0.05, 0.1) is 17.5 Å². The third-order valence-corrected chi connectivity index (χ3v) is 4.42. The summed E-state index contributed by atoms with van der Waals surface area (Å²) >= 11 is 0. The zero-order chi connectivity index (χ0) is 19.0. The first-order chi connectivity index (χ1) is 13.1. The molecule has 0 saturated carbocycles. The molecule has 0 saturated heterocycles. The Kier molecular flexibility index (Phi) is 4.04. The molecule has 4 aromatic rings. The van der Waals surface area contributed by atoms with Crippen molar-refractivity contribution in [1.82, 2.24) is 19.4 Å². The van der Waals surface area contributed by atoms with Crippen molar-refractivity contribution < 1.29 is 5.11 Å². The van der Waals surface area contributed by atoms with Crippen LogP contribution in [0, 0.1) is 13.8 Å². The monoisotopic (exact) mass is 359 g/mol. The fourth-order valence-corrected chi connectivity index (χ4v) is 3.15. The maximum atomic E-state index is 13.1. The minimum Gasteiger partial charge on any atom is -0.494 e. The molecule has 27 heavy (non-hydrogen) atoms. The summed E-state index contributed by atoms with van der Waals surface area (Å²) in [5.41, 5.74) is 2.77. The second kappa shape index (κ2) is 6.53. The minimum atomic E-state index is -0.281. The number of aromatic hydroxyl groups is 1. The quantitative estimate of drug-likeness (QED) is 0.570. The molecule has 0 bridgehead atoms. The van der Waals surface area contributed by atoms with E-state index < -0.39 is 0 Å². The van der Waals surface area contributed by atoms with Gasteiger partial charge in [-0.1, -0.05) is 35.9 Å². The van der Waals surface area contributed by atoms with Crippen LogP contribution < -0.4 is 5.56 Å². The van der Waals surface area contributed by atoms with Gasteiger partial charge in [-0.15, -0.1) is 10.2 Å². The highest BCUT2D eigenvalue weighted by molar-refractivity contribution is 6.01. The average molecular weight is 359 g/mol. The highest BCUT2D eigenvalue weighted by Crippen LogP contribution is 2.27. The summed E-state index contributed by atoms with van der Waals surface area (Å²) in [6.07, 6.45) is 4.38. The number of hydrogen-bond donors (Lipinski definition) is 1. The van der Waals surface area contributed by atoms with Crippen LogP contribution in [0.15, 0.2) is 65.0 Å². The molecule has 0 aliphatic carbocycles.